The van der Waals surface area contributed by atoms with Gasteiger partial charge in [-0.25, -0.2) is 0 Å². The summed E-state index contributed by atoms with van der Waals surface area (Å²) in [6, 6.07) is 0. The van der Waals surface area contributed by atoms with Crippen molar-refractivity contribution in [2.45, 2.75) is 39.0 Å². The number of carbonyl (C=O) groups excluding carboxylic acids is 4. The fourth-order valence-electron chi connectivity index (χ4n) is 1.23. The van der Waals surface area contributed by atoms with Crippen LogP contribution in [0.3, 0.4) is 0 Å². The number of esters is 4. The van der Waals surface area contributed by atoms with Crippen LogP contribution in [0.1, 0.15) is 39.0 Å². The van der Waals surface area contributed by atoms with Gasteiger partial charge in [-0.1, -0.05) is 6.92 Å². The van der Waals surface area contributed by atoms with E-state index < -0.39 is 73.8 Å². The molecule has 0 bridgehead atoms. The number of hydrogen-bond acceptors (Lipinski definition) is 8. The molecule has 128 valence electrons. The molecule has 0 radical (unpaired) electrons. The molecule has 0 rings (SSSR count). The summed E-state index contributed by atoms with van der Waals surface area (Å²) in [6.45, 7) is 1.25. The quantitative estimate of drug-likeness (QED) is 0.430. The molecule has 1 atom stereocenters. The molecule has 0 aliphatic carbocycles. The van der Waals surface area contributed by atoms with Crippen molar-refractivity contribution in [3.63, 3.8) is 0 Å². The molecule has 0 fully saturated rings. The maximum atomic E-state index is 11.5. The highest BCUT2D eigenvalue weighted by atomic mass is 16.6. The van der Waals surface area contributed by atoms with Gasteiger partial charge >= 0.3 is 35.8 Å². The van der Waals surface area contributed by atoms with E-state index in [9.17, 15) is 28.8 Å². The van der Waals surface area contributed by atoms with Crippen LogP contribution in [0.4, 0.5) is 0 Å². The molecule has 0 amide bonds. The molecule has 0 heterocycles. The Labute approximate surface area is 130 Å². The summed E-state index contributed by atoms with van der Waals surface area (Å²) in [4.78, 5) is 65.5. The van der Waals surface area contributed by atoms with E-state index in [0.29, 0.717) is 0 Å². The minimum absolute atomic E-state index is 0.492. The van der Waals surface area contributed by atoms with Crippen molar-refractivity contribution in [3.8, 4) is 0 Å². The van der Waals surface area contributed by atoms with E-state index in [1.165, 1.54) is 6.92 Å². The van der Waals surface area contributed by atoms with Gasteiger partial charge in [0.05, 0.1) is 38.0 Å². The maximum Gasteiger partial charge on any atom is 0.316 e. The lowest BCUT2D eigenvalue weighted by Crippen LogP contribution is -2.24. The van der Waals surface area contributed by atoms with Crippen LogP contribution in [-0.2, 0) is 38.2 Å². The lowest BCUT2D eigenvalue weighted by molar-refractivity contribution is -0.168. The number of ether oxygens (including phenoxy) is 2. The van der Waals surface area contributed by atoms with E-state index in [-0.39, 0.29) is 0 Å². The van der Waals surface area contributed by atoms with Crippen LogP contribution in [-0.4, -0.2) is 46.0 Å². The van der Waals surface area contributed by atoms with Crippen LogP contribution < -0.4 is 0 Å². The largest absolute Gasteiger partial charge is 0.481 e. The molecule has 23 heavy (non-hydrogen) atoms. The van der Waals surface area contributed by atoms with Crippen molar-refractivity contribution in [1.29, 1.82) is 0 Å². The molecular weight excluding hydrogens is 316 g/mol. The number of carbonyl (C=O) groups is 6. The lowest BCUT2D eigenvalue weighted by Gasteiger charge is -2.09. The summed E-state index contributed by atoms with van der Waals surface area (Å²) < 4.78 is 8.63. The number of hydrogen-bond donors (Lipinski definition) is 2. The molecule has 0 aromatic heterocycles. The van der Waals surface area contributed by atoms with E-state index >= 15 is 0 Å². The van der Waals surface area contributed by atoms with Gasteiger partial charge in [-0.05, 0) is 0 Å². The second-order valence-electron chi connectivity index (χ2n) is 4.53. The predicted octanol–water partition coefficient (Wildman–Crippen LogP) is -0.118. The highest BCUT2D eigenvalue weighted by Crippen LogP contribution is 2.08. The first-order chi connectivity index (χ1) is 10.6. The monoisotopic (exact) mass is 332 g/mol. The average molecular weight is 332 g/mol. The van der Waals surface area contributed by atoms with Gasteiger partial charge in [-0.15, -0.1) is 0 Å². The molecule has 0 spiro atoms. The highest BCUT2D eigenvalue weighted by Gasteiger charge is 2.23. The molecule has 0 aliphatic heterocycles. The maximum absolute atomic E-state index is 11.5. The van der Waals surface area contributed by atoms with Crippen molar-refractivity contribution in [1.82, 2.24) is 0 Å². The molecular formula is C13H16O10. The Hall–Kier alpha value is -2.78. The first-order valence-electron chi connectivity index (χ1n) is 6.53. The topological polar surface area (TPSA) is 161 Å². The van der Waals surface area contributed by atoms with E-state index in [1.54, 1.807) is 0 Å². The summed E-state index contributed by atoms with van der Waals surface area (Å²) in [5, 5.41) is 16.7. The summed E-state index contributed by atoms with van der Waals surface area (Å²) in [6.07, 6.45) is -2.54. The Bertz CT molecular complexity index is 507. The molecule has 0 aliphatic rings. The summed E-state index contributed by atoms with van der Waals surface area (Å²) >= 11 is 0. The second-order valence-corrected chi connectivity index (χ2v) is 4.53. The van der Waals surface area contributed by atoms with Crippen LogP contribution in [0.15, 0.2) is 0 Å². The van der Waals surface area contributed by atoms with Crippen molar-refractivity contribution in [2.24, 2.45) is 5.92 Å². The SMILES string of the molecule is CC(CC(=O)OC(=O)CCC(=O)O)C(=O)OC(=O)CCC(=O)O. The lowest BCUT2D eigenvalue weighted by atomic mass is 10.1. The standard InChI is InChI=1S/C13H16O10/c1-7(13(21)23-11(19)5-3-9(16)17)6-12(20)22-10(18)4-2-8(14)15/h7H,2-6H2,1H3,(H,14,15)(H,16,17). The Balaban J connectivity index is 4.17. The Morgan fingerprint density at radius 2 is 1.17 bits per heavy atom. The second kappa shape index (κ2) is 10.0. The minimum Gasteiger partial charge on any atom is -0.481 e. The molecule has 0 aromatic carbocycles. The van der Waals surface area contributed by atoms with Gasteiger partial charge in [0.25, 0.3) is 0 Å². The van der Waals surface area contributed by atoms with E-state index in [4.69, 9.17) is 10.2 Å². The van der Waals surface area contributed by atoms with E-state index in [1.807, 2.05) is 0 Å². The van der Waals surface area contributed by atoms with Crippen LogP contribution in [0, 0.1) is 5.92 Å². The molecule has 2 N–H and O–H groups in total. The zero-order chi connectivity index (χ0) is 18.0. The van der Waals surface area contributed by atoms with E-state index in [0.717, 1.165) is 0 Å². The number of rotatable bonds is 9. The third-order valence-electron chi connectivity index (χ3n) is 2.40. The molecule has 1 unspecified atom stereocenters. The van der Waals surface area contributed by atoms with Crippen molar-refractivity contribution >= 4 is 35.8 Å². The minimum atomic E-state index is -1.23. The zero-order valence-corrected chi connectivity index (χ0v) is 12.3. The van der Waals surface area contributed by atoms with Crippen molar-refractivity contribution in [3.05, 3.63) is 0 Å². The van der Waals surface area contributed by atoms with Crippen LogP contribution in [0.2, 0.25) is 0 Å². The number of carboxylic acid groups (broad SMARTS) is 2. The normalized spacial score (nSPS) is 11.2. The van der Waals surface area contributed by atoms with Gasteiger partial charge < -0.3 is 19.7 Å². The highest BCUT2D eigenvalue weighted by molar-refractivity contribution is 5.92. The molecule has 0 saturated heterocycles. The van der Waals surface area contributed by atoms with Gasteiger partial charge in [0.1, 0.15) is 0 Å². The average Bonchev–Trinajstić information content (AvgIpc) is 2.42. The molecule has 10 heteroatoms. The van der Waals surface area contributed by atoms with Gasteiger partial charge in [0.2, 0.25) is 0 Å². The first kappa shape index (κ1) is 20.2. The Morgan fingerprint density at radius 3 is 1.61 bits per heavy atom. The number of carboxylic acids is 2. The van der Waals surface area contributed by atoms with Gasteiger partial charge in [0.15, 0.2) is 0 Å². The summed E-state index contributed by atoms with van der Waals surface area (Å²) in [5.41, 5.74) is 0. The van der Waals surface area contributed by atoms with Crippen LogP contribution in [0.25, 0.3) is 0 Å². The fraction of sp³-hybridized carbons (Fsp3) is 0.538. The van der Waals surface area contributed by atoms with Gasteiger partial charge in [-0.2, -0.15) is 0 Å². The van der Waals surface area contributed by atoms with Crippen molar-refractivity contribution < 1.29 is 48.5 Å². The third kappa shape index (κ3) is 10.6. The first-order valence-corrected chi connectivity index (χ1v) is 6.53. The fourth-order valence-corrected chi connectivity index (χ4v) is 1.23. The zero-order valence-electron chi connectivity index (χ0n) is 12.3. The number of aliphatic carboxylic acids is 2. The summed E-state index contributed by atoms with van der Waals surface area (Å²) in [7, 11) is 0. The third-order valence-corrected chi connectivity index (χ3v) is 2.40. The predicted molar refractivity (Wildman–Crippen MR) is 69.7 cm³/mol. The van der Waals surface area contributed by atoms with Gasteiger partial charge in [-0.3, -0.25) is 28.8 Å². The van der Waals surface area contributed by atoms with Crippen LogP contribution in [0.5, 0.6) is 0 Å². The summed E-state index contributed by atoms with van der Waals surface area (Å²) in [5.74, 6) is -7.77. The van der Waals surface area contributed by atoms with Gasteiger partial charge in [0, 0.05) is 0 Å². The van der Waals surface area contributed by atoms with Crippen LogP contribution >= 0.6 is 0 Å². The van der Waals surface area contributed by atoms with Crippen molar-refractivity contribution in [2.75, 3.05) is 0 Å². The van der Waals surface area contributed by atoms with E-state index in [2.05, 4.69) is 9.47 Å². The molecule has 0 aromatic rings. The Kier molecular flexibility index (Phi) is 8.82. The smallest absolute Gasteiger partial charge is 0.316 e. The molecule has 10 nitrogen and oxygen atoms in total. The Morgan fingerprint density at radius 1 is 0.739 bits per heavy atom. The molecule has 0 saturated carbocycles.